The van der Waals surface area contributed by atoms with Gasteiger partial charge in [-0.3, -0.25) is 9.89 Å². The van der Waals surface area contributed by atoms with Gasteiger partial charge in [0.1, 0.15) is 0 Å². The molecule has 1 fully saturated rings. The van der Waals surface area contributed by atoms with Crippen molar-refractivity contribution in [2.75, 3.05) is 53.4 Å². The molecule has 1 unspecified atom stereocenters. The molecular formula is C15H31N5. The van der Waals surface area contributed by atoms with Crippen LogP contribution in [0.4, 0.5) is 0 Å². The number of rotatable bonds is 6. The second-order valence-corrected chi connectivity index (χ2v) is 5.77. The number of nitrogens with zero attached hydrogens (tertiary/aromatic N) is 3. The Hall–Kier alpha value is -1.07. The fourth-order valence-electron chi connectivity index (χ4n) is 2.53. The summed E-state index contributed by atoms with van der Waals surface area (Å²) in [6, 6.07) is 0.547. The SMILES string of the molecule is C=CCNC(=NC)NCC(C(C)C)N1CCN(C)CC1. The van der Waals surface area contributed by atoms with Crippen molar-refractivity contribution in [2.45, 2.75) is 19.9 Å². The van der Waals surface area contributed by atoms with Gasteiger partial charge in [-0.15, -0.1) is 6.58 Å². The number of piperazine rings is 1. The van der Waals surface area contributed by atoms with Gasteiger partial charge in [0.05, 0.1) is 0 Å². The first kappa shape index (κ1) is 17.0. The molecule has 1 saturated heterocycles. The number of nitrogens with one attached hydrogen (secondary N) is 2. The first-order valence-electron chi connectivity index (χ1n) is 7.56. The smallest absolute Gasteiger partial charge is 0.191 e. The van der Waals surface area contributed by atoms with Crippen molar-refractivity contribution < 1.29 is 0 Å². The van der Waals surface area contributed by atoms with Crippen molar-refractivity contribution in [2.24, 2.45) is 10.9 Å². The summed E-state index contributed by atoms with van der Waals surface area (Å²) in [5.74, 6) is 1.48. The normalized spacial score (nSPS) is 19.9. The highest BCUT2D eigenvalue weighted by atomic mass is 15.3. The van der Waals surface area contributed by atoms with E-state index in [9.17, 15) is 0 Å². The largest absolute Gasteiger partial charge is 0.355 e. The van der Waals surface area contributed by atoms with Gasteiger partial charge in [-0.25, -0.2) is 0 Å². The molecular weight excluding hydrogens is 250 g/mol. The van der Waals surface area contributed by atoms with Crippen LogP contribution in [0.2, 0.25) is 0 Å². The fraction of sp³-hybridized carbons (Fsp3) is 0.800. The lowest BCUT2D eigenvalue weighted by molar-refractivity contribution is 0.0900. The Labute approximate surface area is 124 Å². The monoisotopic (exact) mass is 281 g/mol. The molecule has 0 aliphatic carbocycles. The van der Waals surface area contributed by atoms with E-state index >= 15 is 0 Å². The van der Waals surface area contributed by atoms with Gasteiger partial charge in [0.25, 0.3) is 0 Å². The highest BCUT2D eigenvalue weighted by Gasteiger charge is 2.24. The summed E-state index contributed by atoms with van der Waals surface area (Å²) in [7, 11) is 4.00. The van der Waals surface area contributed by atoms with Crippen LogP contribution >= 0.6 is 0 Å². The first-order valence-corrected chi connectivity index (χ1v) is 7.56. The van der Waals surface area contributed by atoms with Crippen molar-refractivity contribution in [3.63, 3.8) is 0 Å². The molecule has 0 saturated carbocycles. The predicted molar refractivity (Wildman–Crippen MR) is 87.3 cm³/mol. The third-order valence-corrected chi connectivity index (χ3v) is 3.89. The van der Waals surface area contributed by atoms with E-state index in [1.807, 2.05) is 6.08 Å². The van der Waals surface area contributed by atoms with Gasteiger partial charge >= 0.3 is 0 Å². The summed E-state index contributed by atoms with van der Waals surface area (Å²) in [6.45, 7) is 14.6. The molecule has 0 bridgehead atoms. The number of guanidine groups is 1. The lowest BCUT2D eigenvalue weighted by Gasteiger charge is -2.40. The van der Waals surface area contributed by atoms with Crippen LogP contribution < -0.4 is 10.6 Å². The molecule has 116 valence electrons. The lowest BCUT2D eigenvalue weighted by Crippen LogP contribution is -2.55. The standard InChI is InChI=1S/C15H31N5/c1-6-7-17-15(16-4)18-12-14(13(2)3)20-10-8-19(5)9-11-20/h6,13-14H,1,7-12H2,2-5H3,(H2,16,17,18). The van der Waals surface area contributed by atoms with Crippen molar-refractivity contribution in [1.29, 1.82) is 0 Å². The molecule has 0 aromatic rings. The van der Waals surface area contributed by atoms with Gasteiger partial charge < -0.3 is 15.5 Å². The summed E-state index contributed by atoms with van der Waals surface area (Å²) >= 11 is 0. The highest BCUT2D eigenvalue weighted by Crippen LogP contribution is 2.12. The van der Waals surface area contributed by atoms with Gasteiger partial charge in [0.2, 0.25) is 0 Å². The average molecular weight is 281 g/mol. The van der Waals surface area contributed by atoms with Crippen LogP contribution in [0.5, 0.6) is 0 Å². The van der Waals surface area contributed by atoms with Gasteiger partial charge in [0, 0.05) is 52.4 Å². The molecule has 1 rings (SSSR count). The fourth-order valence-corrected chi connectivity index (χ4v) is 2.53. The van der Waals surface area contributed by atoms with Crippen LogP contribution in [0, 0.1) is 5.92 Å². The second-order valence-electron chi connectivity index (χ2n) is 5.77. The zero-order chi connectivity index (χ0) is 15.0. The number of hydrogen-bond acceptors (Lipinski definition) is 3. The van der Waals surface area contributed by atoms with E-state index in [0.717, 1.165) is 45.2 Å². The van der Waals surface area contributed by atoms with E-state index in [0.29, 0.717) is 12.0 Å². The lowest BCUT2D eigenvalue weighted by atomic mass is 10.0. The van der Waals surface area contributed by atoms with Crippen LogP contribution in [-0.4, -0.2) is 75.2 Å². The Morgan fingerprint density at radius 3 is 2.40 bits per heavy atom. The number of aliphatic imine (C=N–C) groups is 1. The van der Waals surface area contributed by atoms with E-state index < -0.39 is 0 Å². The molecule has 1 heterocycles. The minimum absolute atomic E-state index is 0.547. The van der Waals surface area contributed by atoms with Crippen molar-refractivity contribution in [3.8, 4) is 0 Å². The predicted octanol–water partition coefficient (Wildman–Crippen LogP) is 0.609. The Balaban J connectivity index is 2.48. The maximum atomic E-state index is 4.23. The topological polar surface area (TPSA) is 42.9 Å². The maximum absolute atomic E-state index is 4.23. The van der Waals surface area contributed by atoms with E-state index in [-0.39, 0.29) is 0 Å². The Morgan fingerprint density at radius 2 is 1.90 bits per heavy atom. The zero-order valence-electron chi connectivity index (χ0n) is 13.5. The molecule has 2 N–H and O–H groups in total. The average Bonchev–Trinajstić information content (AvgIpc) is 2.44. The minimum Gasteiger partial charge on any atom is -0.355 e. The molecule has 5 heteroatoms. The van der Waals surface area contributed by atoms with E-state index in [4.69, 9.17) is 0 Å². The van der Waals surface area contributed by atoms with Gasteiger partial charge in [-0.2, -0.15) is 0 Å². The summed E-state index contributed by atoms with van der Waals surface area (Å²) < 4.78 is 0. The highest BCUT2D eigenvalue weighted by molar-refractivity contribution is 5.79. The second kappa shape index (κ2) is 8.97. The van der Waals surface area contributed by atoms with Gasteiger partial charge in [-0.05, 0) is 13.0 Å². The van der Waals surface area contributed by atoms with E-state index in [1.54, 1.807) is 7.05 Å². The molecule has 1 aliphatic rings. The summed E-state index contributed by atoms with van der Waals surface area (Å²) in [5, 5.41) is 6.65. The minimum atomic E-state index is 0.547. The first-order chi connectivity index (χ1) is 9.58. The Kier molecular flexibility index (Phi) is 7.62. The number of likely N-dealkylation sites (N-methyl/N-ethyl adjacent to an activating group) is 1. The van der Waals surface area contributed by atoms with E-state index in [1.165, 1.54) is 0 Å². The zero-order valence-corrected chi connectivity index (χ0v) is 13.5. The van der Waals surface area contributed by atoms with Crippen molar-refractivity contribution in [3.05, 3.63) is 12.7 Å². The summed E-state index contributed by atoms with van der Waals surface area (Å²) in [5.41, 5.74) is 0. The van der Waals surface area contributed by atoms with Crippen LogP contribution in [0.1, 0.15) is 13.8 Å². The van der Waals surface area contributed by atoms with Crippen LogP contribution in [-0.2, 0) is 0 Å². The van der Waals surface area contributed by atoms with Gasteiger partial charge in [0.15, 0.2) is 5.96 Å². The number of hydrogen-bond donors (Lipinski definition) is 2. The molecule has 0 aromatic carbocycles. The molecule has 20 heavy (non-hydrogen) atoms. The van der Waals surface area contributed by atoms with Crippen LogP contribution in [0.3, 0.4) is 0 Å². The van der Waals surface area contributed by atoms with Crippen LogP contribution in [0.25, 0.3) is 0 Å². The Bertz CT molecular complexity index is 305. The van der Waals surface area contributed by atoms with Crippen molar-refractivity contribution in [1.82, 2.24) is 20.4 Å². The molecule has 0 aromatic heterocycles. The van der Waals surface area contributed by atoms with Crippen LogP contribution in [0.15, 0.2) is 17.6 Å². The van der Waals surface area contributed by atoms with Gasteiger partial charge in [-0.1, -0.05) is 19.9 Å². The molecule has 0 radical (unpaired) electrons. The molecule has 5 nitrogen and oxygen atoms in total. The quantitative estimate of drug-likeness (QED) is 0.425. The molecule has 0 amide bonds. The molecule has 0 spiro atoms. The van der Waals surface area contributed by atoms with E-state index in [2.05, 4.69) is 52.9 Å². The maximum Gasteiger partial charge on any atom is 0.191 e. The third kappa shape index (κ3) is 5.51. The summed E-state index contributed by atoms with van der Waals surface area (Å²) in [4.78, 5) is 9.22. The Morgan fingerprint density at radius 1 is 1.25 bits per heavy atom. The van der Waals surface area contributed by atoms with Crippen molar-refractivity contribution >= 4 is 5.96 Å². The molecule has 1 atom stereocenters. The molecule has 1 aliphatic heterocycles. The third-order valence-electron chi connectivity index (χ3n) is 3.89. The summed E-state index contributed by atoms with van der Waals surface area (Å²) in [6.07, 6.45) is 1.84.